The van der Waals surface area contributed by atoms with Crippen molar-refractivity contribution >= 4 is 19.7 Å². The molecule has 9 nitrogen and oxygen atoms in total. The van der Waals surface area contributed by atoms with Crippen LogP contribution in [-0.4, -0.2) is 69.4 Å². The number of rotatable bonds is 59. The molecule has 1 amide bonds. The number of amides is 1. The molecule has 0 saturated heterocycles. The molecule has 0 bridgehead atoms. The summed E-state index contributed by atoms with van der Waals surface area (Å²) >= 11 is 0. The van der Waals surface area contributed by atoms with E-state index >= 15 is 0 Å². The molecule has 10 heteroatoms. The molecule has 0 aromatic rings. The van der Waals surface area contributed by atoms with Crippen LogP contribution in [0.15, 0.2) is 48.6 Å². The zero-order chi connectivity index (χ0) is 55.7. The maximum absolute atomic E-state index is 13.5. The molecular weight excluding hydrogens is 964 g/mol. The van der Waals surface area contributed by atoms with E-state index < -0.39 is 26.6 Å². The van der Waals surface area contributed by atoms with E-state index in [0.717, 1.165) is 103 Å². The van der Waals surface area contributed by atoms with Crippen LogP contribution in [0.1, 0.15) is 310 Å². The number of hydrogen-bond acceptors (Lipinski definition) is 7. The van der Waals surface area contributed by atoms with E-state index in [9.17, 15) is 19.0 Å². The van der Waals surface area contributed by atoms with Gasteiger partial charge in [0, 0.05) is 12.8 Å². The van der Waals surface area contributed by atoms with Gasteiger partial charge in [-0.25, -0.2) is 0 Å². The van der Waals surface area contributed by atoms with Crippen molar-refractivity contribution in [2.75, 3.05) is 40.9 Å². The van der Waals surface area contributed by atoms with Gasteiger partial charge in [0.15, 0.2) is 0 Å². The second kappa shape index (κ2) is 56.3. The van der Waals surface area contributed by atoms with Crippen molar-refractivity contribution in [3.63, 3.8) is 0 Å². The smallest absolute Gasteiger partial charge is 0.306 e. The number of esters is 1. The highest BCUT2D eigenvalue weighted by Gasteiger charge is 2.27. The lowest BCUT2D eigenvalue weighted by atomic mass is 10.0. The van der Waals surface area contributed by atoms with Crippen LogP contribution in [0.5, 0.6) is 0 Å². The summed E-state index contributed by atoms with van der Waals surface area (Å²) in [7, 11) is 1.18. The van der Waals surface area contributed by atoms with Crippen LogP contribution in [-0.2, 0) is 27.9 Å². The monoisotopic (exact) mass is 1090 g/mol. The van der Waals surface area contributed by atoms with Crippen molar-refractivity contribution < 1.29 is 37.3 Å². The largest absolute Gasteiger partial charge is 0.756 e. The number of nitrogens with zero attached hydrogens (tertiary/aromatic N) is 1. The fourth-order valence-corrected chi connectivity index (χ4v) is 10.3. The molecule has 0 spiro atoms. The molecule has 1 N–H and O–H groups in total. The molecule has 0 rings (SSSR count). The van der Waals surface area contributed by atoms with Crippen molar-refractivity contribution in [2.24, 2.45) is 0 Å². The third-order valence-corrected chi connectivity index (χ3v) is 15.5. The highest BCUT2D eigenvalue weighted by Crippen LogP contribution is 2.38. The zero-order valence-electron chi connectivity index (χ0n) is 51.0. The first-order valence-corrected chi connectivity index (χ1v) is 33.9. The quantitative estimate of drug-likeness (QED) is 0.0212. The number of carbonyl (C=O) groups is 2. The molecule has 0 heterocycles. The first kappa shape index (κ1) is 74.0. The number of quaternary nitrogens is 1. The number of phosphoric ester groups is 1. The Balaban J connectivity index is 5.09. The molecule has 0 aromatic carbocycles. The van der Waals surface area contributed by atoms with Crippen molar-refractivity contribution in [1.29, 1.82) is 0 Å². The number of hydrogen-bond donors (Lipinski definition) is 1. The molecule has 76 heavy (non-hydrogen) atoms. The number of phosphoric acid groups is 1. The molecular formula is C66H125N2O7P. The minimum absolute atomic E-state index is 0.0242. The fourth-order valence-electron chi connectivity index (χ4n) is 9.54. The van der Waals surface area contributed by atoms with E-state index in [0.29, 0.717) is 17.4 Å². The van der Waals surface area contributed by atoms with Gasteiger partial charge in [0.25, 0.3) is 7.82 Å². The first-order valence-electron chi connectivity index (χ1n) is 32.4. The van der Waals surface area contributed by atoms with Crippen molar-refractivity contribution in [1.82, 2.24) is 5.32 Å². The van der Waals surface area contributed by atoms with Crippen LogP contribution in [0.25, 0.3) is 0 Å². The Morgan fingerprint density at radius 1 is 0.474 bits per heavy atom. The van der Waals surface area contributed by atoms with Crippen molar-refractivity contribution in [2.45, 2.75) is 322 Å². The van der Waals surface area contributed by atoms with Crippen LogP contribution >= 0.6 is 7.82 Å². The number of likely N-dealkylation sites (N-methyl/N-ethyl adjacent to an activating group) is 1. The molecule has 0 radical (unpaired) electrons. The Hall–Kier alpha value is -2.03. The molecule has 0 saturated carbocycles. The summed E-state index contributed by atoms with van der Waals surface area (Å²) in [6.07, 6.45) is 69.5. The minimum atomic E-state index is -4.70. The average molecular weight is 1090 g/mol. The van der Waals surface area contributed by atoms with E-state index in [1.54, 1.807) is 0 Å². The van der Waals surface area contributed by atoms with Crippen LogP contribution in [0, 0.1) is 0 Å². The van der Waals surface area contributed by atoms with Gasteiger partial charge in [0.05, 0.1) is 33.8 Å². The number of ether oxygens (including phenoxy) is 1. The van der Waals surface area contributed by atoms with Gasteiger partial charge in [0.1, 0.15) is 19.3 Å². The van der Waals surface area contributed by atoms with Gasteiger partial charge < -0.3 is 28.5 Å². The van der Waals surface area contributed by atoms with Gasteiger partial charge in [-0.15, -0.1) is 0 Å². The number of unbranched alkanes of at least 4 members (excludes halogenated alkanes) is 37. The maximum atomic E-state index is 13.5. The molecule has 0 aliphatic heterocycles. The highest BCUT2D eigenvalue weighted by atomic mass is 31.2. The minimum Gasteiger partial charge on any atom is -0.756 e. The van der Waals surface area contributed by atoms with Gasteiger partial charge in [-0.2, -0.15) is 0 Å². The van der Waals surface area contributed by atoms with E-state index in [-0.39, 0.29) is 24.9 Å². The third kappa shape index (κ3) is 56.7. The van der Waals surface area contributed by atoms with E-state index in [1.165, 1.54) is 173 Å². The van der Waals surface area contributed by atoms with Crippen molar-refractivity contribution in [3.8, 4) is 0 Å². The van der Waals surface area contributed by atoms with Crippen LogP contribution < -0.4 is 10.2 Å². The van der Waals surface area contributed by atoms with Crippen LogP contribution in [0.4, 0.5) is 0 Å². The summed E-state index contributed by atoms with van der Waals surface area (Å²) in [6, 6.07) is -0.893. The molecule has 446 valence electrons. The SMILES string of the molecule is CC/C=C/C/C=C/C/C=C/CCCCCCCCC(=O)NC(COP(=O)([O-])OCC[N+](C)(C)C)C(/C=C\CCCCCCCCCCC)OC(=O)CCCCCCCCCCCCCCCCCCCCCCCCC. The van der Waals surface area contributed by atoms with Gasteiger partial charge >= 0.3 is 5.97 Å². The van der Waals surface area contributed by atoms with Crippen LogP contribution in [0.2, 0.25) is 0 Å². The molecule has 0 aliphatic rings. The summed E-state index contributed by atoms with van der Waals surface area (Å²) in [5.41, 5.74) is 0. The summed E-state index contributed by atoms with van der Waals surface area (Å²) in [5, 5.41) is 3.02. The Bertz CT molecular complexity index is 1440. The first-order chi connectivity index (χ1) is 36.9. The highest BCUT2D eigenvalue weighted by molar-refractivity contribution is 7.45. The molecule has 0 aliphatic carbocycles. The van der Waals surface area contributed by atoms with Gasteiger partial charge in [-0.3, -0.25) is 14.2 Å². The third-order valence-electron chi connectivity index (χ3n) is 14.5. The number of carbonyl (C=O) groups excluding carboxylic acids is 2. The lowest BCUT2D eigenvalue weighted by Gasteiger charge is -2.30. The Kier molecular flexibility index (Phi) is 54.7. The van der Waals surface area contributed by atoms with Crippen molar-refractivity contribution in [3.05, 3.63) is 48.6 Å². The number of allylic oxidation sites excluding steroid dienone is 7. The topological polar surface area (TPSA) is 114 Å². The predicted octanol–water partition coefficient (Wildman–Crippen LogP) is 19.4. The lowest BCUT2D eigenvalue weighted by Crippen LogP contribution is -2.47. The zero-order valence-corrected chi connectivity index (χ0v) is 51.9. The van der Waals surface area contributed by atoms with Crippen LogP contribution in [0.3, 0.4) is 0 Å². The van der Waals surface area contributed by atoms with E-state index in [2.05, 4.69) is 62.5 Å². The van der Waals surface area contributed by atoms with E-state index in [1.807, 2.05) is 33.3 Å². The number of nitrogens with one attached hydrogen (secondary N) is 1. The normalized spacial score (nSPS) is 13.9. The molecule has 3 unspecified atom stereocenters. The maximum Gasteiger partial charge on any atom is 0.306 e. The van der Waals surface area contributed by atoms with Gasteiger partial charge in [-0.05, 0) is 63.9 Å². The standard InChI is InChI=1S/C66H125N2O7P/c1-7-10-13-16-19-22-25-27-29-31-32-33-34-35-36-37-39-41-44-47-50-53-56-59-66(70)75-64(57-54-51-48-45-42-24-21-18-15-12-9-3)63(62-74-76(71,72)73-61-60-68(4,5)6)67-65(69)58-55-52-49-46-43-40-38-30-28-26-23-20-17-14-11-8-2/h11,14,20,23,28,30,54,57,63-64H,7-10,12-13,15-19,21-22,24-27,29,31-53,55-56,58-62H2,1-6H3,(H-,67,69,71,72)/b14-11+,23-20+,30-28+,57-54-. The predicted molar refractivity (Wildman–Crippen MR) is 326 cm³/mol. The molecule has 0 fully saturated rings. The summed E-state index contributed by atoms with van der Waals surface area (Å²) in [5.74, 6) is -0.545. The average Bonchev–Trinajstić information content (AvgIpc) is 3.38. The fraction of sp³-hybridized carbons (Fsp3) is 0.848. The lowest BCUT2D eigenvalue weighted by molar-refractivity contribution is -0.870. The Morgan fingerprint density at radius 2 is 0.842 bits per heavy atom. The van der Waals surface area contributed by atoms with Gasteiger partial charge in [0.2, 0.25) is 5.91 Å². The van der Waals surface area contributed by atoms with E-state index in [4.69, 9.17) is 13.8 Å². The Morgan fingerprint density at radius 3 is 1.26 bits per heavy atom. The Labute approximate surface area is 471 Å². The summed E-state index contributed by atoms with van der Waals surface area (Å²) in [6.45, 7) is 6.75. The second-order valence-corrected chi connectivity index (χ2v) is 24.7. The summed E-state index contributed by atoms with van der Waals surface area (Å²) in [4.78, 5) is 40.0. The molecule has 0 aromatic heterocycles. The molecule has 3 atom stereocenters. The van der Waals surface area contributed by atoms with Gasteiger partial charge in [-0.1, -0.05) is 282 Å². The second-order valence-electron chi connectivity index (χ2n) is 23.2. The summed E-state index contributed by atoms with van der Waals surface area (Å²) < 4.78 is 30.3.